The summed E-state index contributed by atoms with van der Waals surface area (Å²) in [6.45, 7) is 0. The molecule has 0 bridgehead atoms. The summed E-state index contributed by atoms with van der Waals surface area (Å²) >= 11 is 1.07. The fourth-order valence-corrected chi connectivity index (χ4v) is 2.99. The Balaban J connectivity index is 1.85. The molecule has 1 heterocycles. The van der Waals surface area contributed by atoms with Gasteiger partial charge in [-0.25, -0.2) is 13.8 Å². The molecule has 0 unspecified atom stereocenters. The number of rotatable bonds is 5. The zero-order valence-electron chi connectivity index (χ0n) is 13.7. The van der Waals surface area contributed by atoms with Crippen LogP contribution < -0.4 is 10.1 Å². The Morgan fingerprint density at radius 1 is 1.22 bits per heavy atom. The van der Waals surface area contributed by atoms with E-state index in [0.29, 0.717) is 11.3 Å². The van der Waals surface area contributed by atoms with Gasteiger partial charge >= 0.3 is 0 Å². The highest BCUT2D eigenvalue weighted by molar-refractivity contribution is 7.14. The van der Waals surface area contributed by atoms with Crippen LogP contribution in [0.4, 0.5) is 19.6 Å². The van der Waals surface area contributed by atoms with E-state index in [4.69, 9.17) is 4.74 Å². The Morgan fingerprint density at radius 2 is 2.00 bits per heavy atom. The van der Waals surface area contributed by atoms with Crippen molar-refractivity contribution in [2.24, 2.45) is 0 Å². The average Bonchev–Trinajstić information content (AvgIpc) is 3.11. The number of amides is 1. The predicted octanol–water partition coefficient (Wildman–Crippen LogP) is 4.26. The first kappa shape index (κ1) is 18.4. The number of non-ortho nitro benzene ring substituents is 1. The van der Waals surface area contributed by atoms with E-state index < -0.39 is 22.5 Å². The van der Waals surface area contributed by atoms with Crippen LogP contribution in [0.5, 0.6) is 5.75 Å². The maximum atomic E-state index is 13.4. The van der Waals surface area contributed by atoms with E-state index in [9.17, 15) is 23.7 Å². The molecular weight excluding hydrogens is 380 g/mol. The van der Waals surface area contributed by atoms with Crippen LogP contribution in [0.2, 0.25) is 0 Å². The summed E-state index contributed by atoms with van der Waals surface area (Å²) in [5, 5.41) is 15.2. The number of nitro benzene ring substituents is 1. The third kappa shape index (κ3) is 3.90. The number of nitrogens with one attached hydrogen (secondary N) is 1. The van der Waals surface area contributed by atoms with Crippen molar-refractivity contribution in [2.45, 2.75) is 0 Å². The quantitative estimate of drug-likeness (QED) is 0.518. The molecule has 0 saturated carbocycles. The molecule has 0 radical (unpaired) electrons. The number of carbonyl (C=O) groups is 1. The molecule has 0 aliphatic rings. The van der Waals surface area contributed by atoms with Crippen molar-refractivity contribution < 1.29 is 23.2 Å². The molecule has 3 aromatic rings. The molecule has 1 amide bonds. The number of carbonyl (C=O) groups excluding carboxylic acids is 1. The van der Waals surface area contributed by atoms with E-state index in [2.05, 4.69) is 10.3 Å². The second-order valence-corrected chi connectivity index (χ2v) is 6.12. The Labute approximate surface area is 155 Å². The highest BCUT2D eigenvalue weighted by Crippen LogP contribution is 2.28. The number of hydrogen-bond donors (Lipinski definition) is 1. The standard InChI is InChI=1S/C17H11F2N3O4S/c1-26-15-5-3-10(22(24)25)7-11(15)16(23)21-17-20-14(8-27-17)9-2-4-12(18)13(19)6-9/h2-8H,1H3,(H,20,21,23). The zero-order valence-corrected chi connectivity index (χ0v) is 14.5. The molecule has 1 N–H and O–H groups in total. The molecule has 27 heavy (non-hydrogen) atoms. The van der Waals surface area contributed by atoms with Gasteiger partial charge in [0, 0.05) is 23.1 Å². The van der Waals surface area contributed by atoms with Gasteiger partial charge in [-0.05, 0) is 24.3 Å². The van der Waals surface area contributed by atoms with Crippen LogP contribution in [0, 0.1) is 21.7 Å². The van der Waals surface area contributed by atoms with Crippen LogP contribution in [-0.2, 0) is 0 Å². The van der Waals surface area contributed by atoms with Gasteiger partial charge in [-0.15, -0.1) is 11.3 Å². The number of ether oxygens (including phenoxy) is 1. The summed E-state index contributed by atoms with van der Waals surface area (Å²) in [7, 11) is 1.34. The zero-order chi connectivity index (χ0) is 19.6. The Kier molecular flexibility index (Phi) is 5.08. The van der Waals surface area contributed by atoms with Gasteiger partial charge < -0.3 is 4.74 Å². The highest BCUT2D eigenvalue weighted by Gasteiger charge is 2.19. The van der Waals surface area contributed by atoms with Gasteiger partial charge in [0.25, 0.3) is 11.6 Å². The number of anilines is 1. The summed E-state index contributed by atoms with van der Waals surface area (Å²) in [6.07, 6.45) is 0. The van der Waals surface area contributed by atoms with Crippen LogP contribution in [0.25, 0.3) is 11.3 Å². The predicted molar refractivity (Wildman–Crippen MR) is 95.1 cm³/mol. The average molecular weight is 391 g/mol. The number of benzene rings is 2. The lowest BCUT2D eigenvalue weighted by atomic mass is 10.1. The molecule has 10 heteroatoms. The lowest BCUT2D eigenvalue weighted by Gasteiger charge is -2.07. The number of hydrogen-bond acceptors (Lipinski definition) is 6. The maximum Gasteiger partial charge on any atom is 0.270 e. The molecule has 7 nitrogen and oxygen atoms in total. The first-order valence-corrected chi connectivity index (χ1v) is 8.31. The number of halogens is 2. The molecule has 3 rings (SSSR count). The first-order valence-electron chi connectivity index (χ1n) is 7.43. The maximum absolute atomic E-state index is 13.4. The van der Waals surface area contributed by atoms with Gasteiger partial charge in [-0.2, -0.15) is 0 Å². The van der Waals surface area contributed by atoms with E-state index in [-0.39, 0.29) is 22.1 Å². The topological polar surface area (TPSA) is 94.4 Å². The smallest absolute Gasteiger partial charge is 0.270 e. The molecule has 0 spiro atoms. The SMILES string of the molecule is COc1ccc([N+](=O)[O-])cc1C(=O)Nc1nc(-c2ccc(F)c(F)c2)cs1. The third-order valence-corrected chi connectivity index (χ3v) is 4.34. The van der Waals surface area contributed by atoms with Crippen molar-refractivity contribution in [3.63, 3.8) is 0 Å². The molecule has 0 atom stereocenters. The monoisotopic (exact) mass is 391 g/mol. The van der Waals surface area contributed by atoms with Crippen molar-refractivity contribution >= 4 is 28.1 Å². The highest BCUT2D eigenvalue weighted by atomic mass is 32.1. The Hall–Kier alpha value is -3.40. The normalized spacial score (nSPS) is 10.5. The molecule has 0 fully saturated rings. The van der Waals surface area contributed by atoms with Gasteiger partial charge in [-0.1, -0.05) is 0 Å². The van der Waals surface area contributed by atoms with E-state index in [0.717, 1.165) is 29.5 Å². The minimum absolute atomic E-state index is 0.0312. The van der Waals surface area contributed by atoms with Gasteiger partial charge in [0.15, 0.2) is 16.8 Å². The summed E-state index contributed by atoms with van der Waals surface area (Å²) in [5.41, 5.74) is 0.401. The van der Waals surface area contributed by atoms with Crippen molar-refractivity contribution in [1.82, 2.24) is 4.98 Å². The van der Waals surface area contributed by atoms with Crippen molar-refractivity contribution in [2.75, 3.05) is 12.4 Å². The van der Waals surface area contributed by atoms with E-state index in [1.165, 1.54) is 25.3 Å². The van der Waals surface area contributed by atoms with Crippen LogP contribution in [-0.4, -0.2) is 22.9 Å². The van der Waals surface area contributed by atoms with Crippen LogP contribution in [0.15, 0.2) is 41.8 Å². The molecule has 0 aliphatic heterocycles. The van der Waals surface area contributed by atoms with Gasteiger partial charge in [-0.3, -0.25) is 20.2 Å². The van der Waals surface area contributed by atoms with Crippen LogP contribution in [0.3, 0.4) is 0 Å². The van der Waals surface area contributed by atoms with Crippen molar-refractivity contribution in [1.29, 1.82) is 0 Å². The number of nitro groups is 1. The van der Waals surface area contributed by atoms with Crippen molar-refractivity contribution in [3.05, 3.63) is 69.1 Å². The molecule has 0 aliphatic carbocycles. The summed E-state index contributed by atoms with van der Waals surface area (Å²) < 4.78 is 31.4. The molecule has 2 aromatic carbocycles. The van der Waals surface area contributed by atoms with E-state index in [1.54, 1.807) is 5.38 Å². The Morgan fingerprint density at radius 3 is 2.67 bits per heavy atom. The van der Waals surface area contributed by atoms with Crippen LogP contribution >= 0.6 is 11.3 Å². The lowest BCUT2D eigenvalue weighted by molar-refractivity contribution is -0.384. The second kappa shape index (κ2) is 7.46. The molecule has 1 aromatic heterocycles. The largest absolute Gasteiger partial charge is 0.496 e. The minimum atomic E-state index is -1.01. The number of aromatic nitrogens is 1. The van der Waals surface area contributed by atoms with E-state index in [1.807, 2.05) is 0 Å². The number of methoxy groups -OCH3 is 1. The third-order valence-electron chi connectivity index (χ3n) is 3.58. The summed E-state index contributed by atoms with van der Waals surface area (Å²) in [6, 6.07) is 6.98. The molecule has 0 saturated heterocycles. The molecule has 138 valence electrons. The van der Waals surface area contributed by atoms with E-state index >= 15 is 0 Å². The number of thiazole rings is 1. The van der Waals surface area contributed by atoms with Gasteiger partial charge in [0.1, 0.15) is 5.75 Å². The molecular formula is C17H11F2N3O4S. The number of nitrogens with zero attached hydrogens (tertiary/aromatic N) is 2. The lowest BCUT2D eigenvalue weighted by Crippen LogP contribution is -2.13. The van der Waals surface area contributed by atoms with Crippen molar-refractivity contribution in [3.8, 4) is 17.0 Å². The summed E-state index contributed by atoms with van der Waals surface area (Å²) in [5.74, 6) is -2.47. The van der Waals surface area contributed by atoms with Gasteiger partial charge in [0.2, 0.25) is 0 Å². The fraction of sp³-hybridized carbons (Fsp3) is 0.0588. The van der Waals surface area contributed by atoms with Gasteiger partial charge in [0.05, 0.1) is 23.3 Å². The Bertz CT molecular complexity index is 1040. The fourth-order valence-electron chi connectivity index (χ4n) is 2.27. The minimum Gasteiger partial charge on any atom is -0.496 e. The first-order chi connectivity index (χ1) is 12.9. The summed E-state index contributed by atoms with van der Waals surface area (Å²) in [4.78, 5) is 26.9. The second-order valence-electron chi connectivity index (χ2n) is 5.26. The van der Waals surface area contributed by atoms with Crippen LogP contribution in [0.1, 0.15) is 10.4 Å².